The number of hydrogen-bond donors (Lipinski definition) is 0. The van der Waals surface area contributed by atoms with E-state index in [1.807, 2.05) is 0 Å². The molecule has 0 saturated carbocycles. The summed E-state index contributed by atoms with van der Waals surface area (Å²) in [5.74, 6) is -4.87. The number of Topliss-reactive ketones (excluding diaryl/α,β-unsaturated/α-hetero) is 1. The van der Waals surface area contributed by atoms with Crippen molar-refractivity contribution >= 4 is 21.7 Å². The highest BCUT2D eigenvalue weighted by molar-refractivity contribution is 9.10. The summed E-state index contributed by atoms with van der Waals surface area (Å²) < 4.78 is 41.2. The number of benzene rings is 1. The smallest absolute Gasteiger partial charge is 0.194 e. The molecule has 20 heavy (non-hydrogen) atoms. The molecule has 0 aliphatic heterocycles. The Hall–Kier alpha value is -1.63. The average Bonchev–Trinajstić information content (AvgIpc) is 2.62. The Kier molecular flexibility index (Phi) is 3.99. The van der Waals surface area contributed by atoms with Crippen LogP contribution in [0.2, 0.25) is 0 Å². The van der Waals surface area contributed by atoms with Gasteiger partial charge in [0.25, 0.3) is 0 Å². The van der Waals surface area contributed by atoms with Crippen molar-refractivity contribution in [3.05, 3.63) is 51.0 Å². The number of aromatic nitrogens is 2. The van der Waals surface area contributed by atoms with Crippen LogP contribution in [0.4, 0.5) is 13.2 Å². The molecule has 0 fully saturated rings. The lowest BCUT2D eigenvalue weighted by Crippen LogP contribution is -2.10. The van der Waals surface area contributed by atoms with Crippen molar-refractivity contribution in [3.63, 3.8) is 0 Å². The fraction of sp³-hybridized carbons (Fsp3) is 0.231. The van der Waals surface area contributed by atoms with Gasteiger partial charge in [0.05, 0.1) is 22.3 Å². The van der Waals surface area contributed by atoms with Crippen molar-refractivity contribution in [1.82, 2.24) is 9.78 Å². The minimum absolute atomic E-state index is 0.0948. The SMILES string of the molecule is Cc1nn(C)c(CC(=O)c2cc(F)c(F)c(F)c2)c1Br. The van der Waals surface area contributed by atoms with E-state index in [-0.39, 0.29) is 12.0 Å². The third-order valence-electron chi connectivity index (χ3n) is 2.90. The fourth-order valence-electron chi connectivity index (χ4n) is 1.84. The molecule has 0 unspecified atom stereocenters. The molecule has 7 heteroatoms. The first-order chi connectivity index (χ1) is 9.31. The number of carbonyl (C=O) groups is 1. The Morgan fingerprint density at radius 3 is 2.30 bits per heavy atom. The summed E-state index contributed by atoms with van der Waals surface area (Å²) in [6.07, 6.45) is -0.0948. The fourth-order valence-corrected chi connectivity index (χ4v) is 2.32. The quantitative estimate of drug-likeness (QED) is 0.631. The Balaban J connectivity index is 2.33. The van der Waals surface area contributed by atoms with E-state index < -0.39 is 23.2 Å². The van der Waals surface area contributed by atoms with Crippen molar-refractivity contribution in [1.29, 1.82) is 0 Å². The van der Waals surface area contributed by atoms with Gasteiger partial charge in [0.2, 0.25) is 0 Å². The minimum Gasteiger partial charge on any atom is -0.294 e. The number of ketones is 1. The first-order valence-corrected chi connectivity index (χ1v) is 6.46. The number of nitrogens with zero attached hydrogens (tertiary/aromatic N) is 2. The molecule has 0 radical (unpaired) electrons. The zero-order valence-electron chi connectivity index (χ0n) is 10.7. The molecule has 1 aromatic heterocycles. The van der Waals surface area contributed by atoms with Gasteiger partial charge in [0.1, 0.15) is 0 Å². The lowest BCUT2D eigenvalue weighted by molar-refractivity contribution is 0.0989. The van der Waals surface area contributed by atoms with Crippen LogP contribution in [0.5, 0.6) is 0 Å². The summed E-state index contributed by atoms with van der Waals surface area (Å²) in [4.78, 5) is 12.0. The van der Waals surface area contributed by atoms with Crippen molar-refractivity contribution in [3.8, 4) is 0 Å². The second-order valence-electron chi connectivity index (χ2n) is 4.32. The normalized spacial score (nSPS) is 10.9. The van der Waals surface area contributed by atoms with Crippen molar-refractivity contribution < 1.29 is 18.0 Å². The molecule has 3 nitrogen and oxygen atoms in total. The second kappa shape index (κ2) is 5.40. The number of carbonyl (C=O) groups excluding carboxylic acids is 1. The number of aryl methyl sites for hydroxylation is 2. The molecule has 1 heterocycles. The van der Waals surface area contributed by atoms with Crippen LogP contribution in [0.25, 0.3) is 0 Å². The lowest BCUT2D eigenvalue weighted by Gasteiger charge is -2.04. The monoisotopic (exact) mass is 346 g/mol. The van der Waals surface area contributed by atoms with Gasteiger partial charge in [0.15, 0.2) is 23.2 Å². The highest BCUT2D eigenvalue weighted by Gasteiger charge is 2.19. The van der Waals surface area contributed by atoms with E-state index in [0.29, 0.717) is 28.0 Å². The number of hydrogen-bond acceptors (Lipinski definition) is 2. The van der Waals surface area contributed by atoms with Gasteiger partial charge in [-0.1, -0.05) is 0 Å². The second-order valence-corrected chi connectivity index (χ2v) is 5.12. The summed E-state index contributed by atoms with van der Waals surface area (Å²) in [6.45, 7) is 1.76. The summed E-state index contributed by atoms with van der Waals surface area (Å²) in [5.41, 5.74) is 1.07. The van der Waals surface area contributed by atoms with Crippen LogP contribution in [-0.4, -0.2) is 15.6 Å². The standard InChI is InChI=1S/C13H10BrF3N2O/c1-6-12(14)10(19(2)18-6)5-11(20)7-3-8(15)13(17)9(16)4-7/h3-4H,5H2,1-2H3. The summed E-state index contributed by atoms with van der Waals surface area (Å²) >= 11 is 3.30. The zero-order valence-corrected chi connectivity index (χ0v) is 12.3. The van der Waals surface area contributed by atoms with E-state index in [1.54, 1.807) is 14.0 Å². The van der Waals surface area contributed by atoms with E-state index in [0.717, 1.165) is 0 Å². The molecule has 2 rings (SSSR count). The van der Waals surface area contributed by atoms with Gasteiger partial charge < -0.3 is 0 Å². The molecule has 2 aromatic rings. The Bertz CT molecular complexity index is 674. The van der Waals surface area contributed by atoms with Gasteiger partial charge in [-0.15, -0.1) is 0 Å². The molecule has 0 atom stereocenters. The maximum absolute atomic E-state index is 13.1. The molecule has 0 bridgehead atoms. The van der Waals surface area contributed by atoms with Gasteiger partial charge in [-0.3, -0.25) is 9.48 Å². The van der Waals surface area contributed by atoms with Crippen LogP contribution in [0.15, 0.2) is 16.6 Å². The molecular weight excluding hydrogens is 337 g/mol. The van der Waals surface area contributed by atoms with E-state index >= 15 is 0 Å². The van der Waals surface area contributed by atoms with Crippen LogP contribution in [0.1, 0.15) is 21.7 Å². The van der Waals surface area contributed by atoms with Crippen LogP contribution in [-0.2, 0) is 13.5 Å². The third kappa shape index (κ3) is 2.63. The van der Waals surface area contributed by atoms with Crippen LogP contribution >= 0.6 is 15.9 Å². The Morgan fingerprint density at radius 2 is 1.85 bits per heavy atom. The zero-order chi connectivity index (χ0) is 15.0. The first-order valence-electron chi connectivity index (χ1n) is 5.67. The Labute approximate surface area is 121 Å². The number of rotatable bonds is 3. The van der Waals surface area contributed by atoms with Gasteiger partial charge in [-0.25, -0.2) is 13.2 Å². The van der Waals surface area contributed by atoms with E-state index in [4.69, 9.17) is 0 Å². The molecule has 0 aliphatic carbocycles. The van der Waals surface area contributed by atoms with Gasteiger partial charge in [-0.2, -0.15) is 5.10 Å². The highest BCUT2D eigenvalue weighted by atomic mass is 79.9. The maximum Gasteiger partial charge on any atom is 0.194 e. The molecule has 0 aliphatic rings. The predicted octanol–water partition coefficient (Wildman–Crippen LogP) is 3.33. The van der Waals surface area contributed by atoms with E-state index in [2.05, 4.69) is 21.0 Å². The van der Waals surface area contributed by atoms with Crippen LogP contribution < -0.4 is 0 Å². The predicted molar refractivity (Wildman–Crippen MR) is 70.0 cm³/mol. The summed E-state index contributed by atoms with van der Waals surface area (Å²) in [7, 11) is 1.66. The highest BCUT2D eigenvalue weighted by Crippen LogP contribution is 2.22. The summed E-state index contributed by atoms with van der Waals surface area (Å²) in [5, 5.41) is 4.12. The van der Waals surface area contributed by atoms with Gasteiger partial charge in [0, 0.05) is 12.6 Å². The number of halogens is 4. The van der Waals surface area contributed by atoms with Gasteiger partial charge in [-0.05, 0) is 35.0 Å². The van der Waals surface area contributed by atoms with Gasteiger partial charge >= 0.3 is 0 Å². The van der Waals surface area contributed by atoms with Crippen molar-refractivity contribution in [2.45, 2.75) is 13.3 Å². The molecule has 1 aromatic carbocycles. The summed E-state index contributed by atoms with van der Waals surface area (Å²) in [6, 6.07) is 1.38. The van der Waals surface area contributed by atoms with E-state index in [9.17, 15) is 18.0 Å². The topological polar surface area (TPSA) is 34.9 Å². The largest absolute Gasteiger partial charge is 0.294 e. The first kappa shape index (κ1) is 14.8. The molecule has 0 spiro atoms. The van der Waals surface area contributed by atoms with Crippen LogP contribution in [0.3, 0.4) is 0 Å². The molecule has 0 amide bonds. The molecule has 0 N–H and O–H groups in total. The van der Waals surface area contributed by atoms with E-state index in [1.165, 1.54) is 4.68 Å². The van der Waals surface area contributed by atoms with Crippen LogP contribution in [0, 0.1) is 24.4 Å². The lowest BCUT2D eigenvalue weighted by atomic mass is 10.1. The van der Waals surface area contributed by atoms with Crippen molar-refractivity contribution in [2.75, 3.05) is 0 Å². The minimum atomic E-state index is -1.58. The maximum atomic E-state index is 13.1. The van der Waals surface area contributed by atoms with Crippen molar-refractivity contribution in [2.24, 2.45) is 7.05 Å². The average molecular weight is 347 g/mol. The molecule has 106 valence electrons. The Morgan fingerprint density at radius 1 is 1.30 bits per heavy atom. The molecule has 0 saturated heterocycles. The third-order valence-corrected chi connectivity index (χ3v) is 3.93. The molecular formula is C13H10BrF3N2O.